The van der Waals surface area contributed by atoms with Gasteiger partial charge in [0.25, 0.3) is 0 Å². The lowest BCUT2D eigenvalue weighted by atomic mass is 10.4. The van der Waals surface area contributed by atoms with E-state index in [9.17, 15) is 9.59 Å². The first-order valence-electron chi connectivity index (χ1n) is 4.22. The smallest absolute Gasteiger partial charge is 0.373 e. The van der Waals surface area contributed by atoms with Crippen LogP contribution in [0.2, 0.25) is 0 Å². The molecule has 0 bridgehead atoms. The van der Waals surface area contributed by atoms with E-state index >= 15 is 0 Å². The van der Waals surface area contributed by atoms with Gasteiger partial charge in [0.2, 0.25) is 5.76 Å². The van der Waals surface area contributed by atoms with Gasteiger partial charge < -0.3 is 14.2 Å². The number of rotatable bonds is 6. The van der Waals surface area contributed by atoms with Gasteiger partial charge in [-0.2, -0.15) is 0 Å². The molecule has 0 atom stereocenters. The Morgan fingerprint density at radius 1 is 1.27 bits per heavy atom. The van der Waals surface area contributed by atoms with E-state index in [1.54, 1.807) is 0 Å². The van der Waals surface area contributed by atoms with E-state index in [2.05, 4.69) is 9.47 Å². The Morgan fingerprint density at radius 3 is 2.40 bits per heavy atom. The molecule has 0 N–H and O–H groups in total. The molecule has 5 nitrogen and oxygen atoms in total. The summed E-state index contributed by atoms with van der Waals surface area (Å²) >= 11 is 5.42. The van der Waals surface area contributed by atoms with Gasteiger partial charge in [-0.25, -0.2) is 9.59 Å². The van der Waals surface area contributed by atoms with Crippen molar-refractivity contribution in [3.63, 3.8) is 0 Å². The van der Waals surface area contributed by atoms with Crippen molar-refractivity contribution in [1.29, 1.82) is 0 Å². The molecule has 0 aliphatic rings. The quantitative estimate of drug-likeness (QED) is 0.225. The van der Waals surface area contributed by atoms with Crippen LogP contribution in [0.4, 0.5) is 0 Å². The lowest BCUT2D eigenvalue weighted by Crippen LogP contribution is -2.12. The van der Waals surface area contributed by atoms with Crippen molar-refractivity contribution in [2.24, 2.45) is 0 Å². The van der Waals surface area contributed by atoms with E-state index in [-0.39, 0.29) is 12.4 Å². The van der Waals surface area contributed by atoms with Gasteiger partial charge in [-0.15, -0.1) is 11.6 Å². The molecule has 0 unspecified atom stereocenters. The van der Waals surface area contributed by atoms with Crippen molar-refractivity contribution >= 4 is 23.5 Å². The molecule has 86 valence electrons. The number of hydrogen-bond donors (Lipinski definition) is 0. The van der Waals surface area contributed by atoms with E-state index in [1.807, 2.05) is 0 Å². The predicted octanol–water partition coefficient (Wildman–Crippen LogP) is 0.862. The molecule has 0 aromatic rings. The zero-order chi connectivity index (χ0) is 11.7. The molecule has 0 aromatic heterocycles. The van der Waals surface area contributed by atoms with Gasteiger partial charge >= 0.3 is 11.9 Å². The fourth-order valence-corrected chi connectivity index (χ4v) is 0.772. The van der Waals surface area contributed by atoms with Crippen LogP contribution in [-0.4, -0.2) is 38.6 Å². The Bertz CT molecular complexity index is 249. The highest BCUT2D eigenvalue weighted by Crippen LogP contribution is 2.02. The molecule has 0 aliphatic carbocycles. The summed E-state index contributed by atoms with van der Waals surface area (Å²) in [6, 6.07) is 0. The average Bonchev–Trinajstić information content (AvgIpc) is 2.26. The summed E-state index contributed by atoms with van der Waals surface area (Å²) in [7, 11) is 2.39. The van der Waals surface area contributed by atoms with Crippen LogP contribution < -0.4 is 0 Å². The molecule has 0 saturated carbocycles. The Hall–Kier alpha value is -1.23. The Kier molecular flexibility index (Phi) is 7.44. The van der Waals surface area contributed by atoms with Crippen LogP contribution in [-0.2, 0) is 23.8 Å². The molecule has 15 heavy (non-hydrogen) atoms. The molecule has 0 radical (unpaired) electrons. The summed E-state index contributed by atoms with van der Waals surface area (Å²) < 4.78 is 13.8. The number of hydrogen-bond acceptors (Lipinski definition) is 5. The summed E-state index contributed by atoms with van der Waals surface area (Å²) in [4.78, 5) is 22.0. The summed E-state index contributed by atoms with van der Waals surface area (Å²) in [5.74, 6) is -1.18. The number of esters is 2. The standard InChI is InChI=1S/C9H13ClO5/c1-13-8(11)6-7(9(12)14-2)15-5-3-4-10/h6H,3-5H2,1-2H3. The molecule has 0 amide bonds. The van der Waals surface area contributed by atoms with E-state index in [0.29, 0.717) is 12.3 Å². The largest absolute Gasteiger partial charge is 0.486 e. The second-order valence-electron chi connectivity index (χ2n) is 2.41. The lowest BCUT2D eigenvalue weighted by Gasteiger charge is -2.06. The normalized spacial score (nSPS) is 10.7. The Balaban J connectivity index is 4.37. The van der Waals surface area contributed by atoms with Crippen LogP contribution in [0.15, 0.2) is 11.8 Å². The molecule has 0 aliphatic heterocycles. The van der Waals surface area contributed by atoms with Gasteiger partial charge in [0.1, 0.15) is 0 Å². The molecular formula is C9H13ClO5. The SMILES string of the molecule is COC(=O)C=C(OCCCCl)C(=O)OC. The number of alkyl halides is 1. The molecule has 0 rings (SSSR count). The number of carbonyl (C=O) groups excluding carboxylic acids is 2. The molecule has 0 saturated heterocycles. The average molecular weight is 237 g/mol. The summed E-state index contributed by atoms with van der Waals surface area (Å²) in [6.07, 6.45) is 1.50. The van der Waals surface area contributed by atoms with Crippen molar-refractivity contribution in [1.82, 2.24) is 0 Å². The zero-order valence-corrected chi connectivity index (χ0v) is 9.37. The van der Waals surface area contributed by atoms with Crippen molar-refractivity contribution in [2.75, 3.05) is 26.7 Å². The highest BCUT2D eigenvalue weighted by Gasteiger charge is 2.13. The maximum Gasteiger partial charge on any atom is 0.373 e. The first-order valence-corrected chi connectivity index (χ1v) is 4.75. The van der Waals surface area contributed by atoms with Crippen molar-refractivity contribution in [2.45, 2.75) is 6.42 Å². The van der Waals surface area contributed by atoms with Crippen LogP contribution in [0.25, 0.3) is 0 Å². The number of carbonyl (C=O) groups is 2. The topological polar surface area (TPSA) is 61.8 Å². The molecule has 0 fully saturated rings. The minimum absolute atomic E-state index is 0.186. The second kappa shape index (κ2) is 8.11. The van der Waals surface area contributed by atoms with E-state index in [4.69, 9.17) is 16.3 Å². The third kappa shape index (κ3) is 5.96. The second-order valence-corrected chi connectivity index (χ2v) is 2.79. The summed E-state index contributed by atoms with van der Waals surface area (Å²) in [5, 5.41) is 0. The predicted molar refractivity (Wildman–Crippen MR) is 53.4 cm³/mol. The maximum atomic E-state index is 11.1. The van der Waals surface area contributed by atoms with Gasteiger partial charge in [0, 0.05) is 5.88 Å². The summed E-state index contributed by atoms with van der Waals surface area (Å²) in [6.45, 7) is 0.238. The highest BCUT2D eigenvalue weighted by molar-refractivity contribution is 6.17. The third-order valence-corrected chi connectivity index (χ3v) is 1.64. The van der Waals surface area contributed by atoms with Gasteiger partial charge in [-0.1, -0.05) is 0 Å². The molecule has 0 aromatic carbocycles. The van der Waals surface area contributed by atoms with Crippen LogP contribution in [0, 0.1) is 0 Å². The molecular weight excluding hydrogens is 224 g/mol. The minimum atomic E-state index is -0.727. The fraction of sp³-hybridized carbons (Fsp3) is 0.556. The van der Waals surface area contributed by atoms with E-state index in [1.165, 1.54) is 14.2 Å². The number of ether oxygens (including phenoxy) is 3. The van der Waals surface area contributed by atoms with Gasteiger partial charge in [-0.05, 0) is 6.42 Å². The maximum absolute atomic E-state index is 11.1. The van der Waals surface area contributed by atoms with Crippen molar-refractivity contribution in [3.8, 4) is 0 Å². The molecule has 0 spiro atoms. The third-order valence-electron chi connectivity index (χ3n) is 1.37. The van der Waals surface area contributed by atoms with Gasteiger partial charge in [0.15, 0.2) is 0 Å². The van der Waals surface area contributed by atoms with Gasteiger partial charge in [0.05, 0.1) is 26.9 Å². The minimum Gasteiger partial charge on any atom is -0.486 e. The zero-order valence-electron chi connectivity index (χ0n) is 8.62. The van der Waals surface area contributed by atoms with Gasteiger partial charge in [-0.3, -0.25) is 0 Å². The lowest BCUT2D eigenvalue weighted by molar-refractivity contribution is -0.142. The van der Waals surface area contributed by atoms with E-state index < -0.39 is 11.9 Å². The Morgan fingerprint density at radius 2 is 1.93 bits per heavy atom. The van der Waals surface area contributed by atoms with E-state index in [0.717, 1.165) is 6.08 Å². The first kappa shape index (κ1) is 13.8. The Labute approximate surface area is 92.9 Å². The monoisotopic (exact) mass is 236 g/mol. The van der Waals surface area contributed by atoms with Crippen LogP contribution in [0.1, 0.15) is 6.42 Å². The van der Waals surface area contributed by atoms with Crippen LogP contribution >= 0.6 is 11.6 Å². The fourth-order valence-electron chi connectivity index (χ4n) is 0.663. The van der Waals surface area contributed by atoms with Crippen LogP contribution in [0.5, 0.6) is 0 Å². The van der Waals surface area contributed by atoms with Crippen molar-refractivity contribution < 1.29 is 23.8 Å². The highest BCUT2D eigenvalue weighted by atomic mass is 35.5. The molecule has 6 heteroatoms. The van der Waals surface area contributed by atoms with Crippen LogP contribution in [0.3, 0.4) is 0 Å². The number of halogens is 1. The summed E-state index contributed by atoms with van der Waals surface area (Å²) in [5.41, 5.74) is 0. The van der Waals surface area contributed by atoms with Crippen molar-refractivity contribution in [3.05, 3.63) is 11.8 Å². The number of methoxy groups -OCH3 is 2. The molecule has 0 heterocycles. The first-order chi connectivity index (χ1) is 7.15.